The van der Waals surface area contributed by atoms with Gasteiger partial charge >= 0.3 is 5.97 Å². The summed E-state index contributed by atoms with van der Waals surface area (Å²) in [6.07, 6.45) is 3.62. The van der Waals surface area contributed by atoms with Crippen LogP contribution in [0.1, 0.15) is 36.8 Å². The molecule has 108 valence electrons. The molecule has 1 N–H and O–H groups in total. The van der Waals surface area contributed by atoms with Crippen LogP contribution in [0.5, 0.6) is 0 Å². The van der Waals surface area contributed by atoms with Crippen LogP contribution < -0.4 is 0 Å². The Hall–Kier alpha value is -1.84. The molecule has 1 atom stereocenters. The van der Waals surface area contributed by atoms with Crippen LogP contribution in [-0.2, 0) is 16.0 Å². The fourth-order valence-corrected chi connectivity index (χ4v) is 2.65. The molecule has 1 saturated heterocycles. The van der Waals surface area contributed by atoms with Crippen molar-refractivity contribution in [1.82, 2.24) is 4.90 Å². The number of hydrogen-bond donors (Lipinski definition) is 1. The van der Waals surface area contributed by atoms with E-state index in [4.69, 9.17) is 0 Å². The maximum Gasteiger partial charge on any atom is 0.326 e. The summed E-state index contributed by atoms with van der Waals surface area (Å²) in [7, 11) is 0. The van der Waals surface area contributed by atoms with E-state index in [1.807, 2.05) is 31.2 Å². The number of hydrogen-bond acceptors (Lipinski definition) is 2. The molecule has 0 aromatic heterocycles. The van der Waals surface area contributed by atoms with E-state index in [9.17, 15) is 14.7 Å². The van der Waals surface area contributed by atoms with Crippen LogP contribution in [0.2, 0.25) is 0 Å². The highest BCUT2D eigenvalue weighted by atomic mass is 16.4. The number of likely N-dealkylation sites (tertiary alicyclic amines) is 1. The molecule has 0 aliphatic carbocycles. The van der Waals surface area contributed by atoms with Gasteiger partial charge in [0, 0.05) is 6.54 Å². The summed E-state index contributed by atoms with van der Waals surface area (Å²) in [5.74, 6) is -0.965. The van der Waals surface area contributed by atoms with Crippen molar-refractivity contribution in [3.05, 3.63) is 35.4 Å². The summed E-state index contributed by atoms with van der Waals surface area (Å²) < 4.78 is 0. The summed E-state index contributed by atoms with van der Waals surface area (Å²) in [5.41, 5.74) is 2.09. The van der Waals surface area contributed by atoms with Crippen molar-refractivity contribution in [3.63, 3.8) is 0 Å². The number of benzene rings is 1. The smallest absolute Gasteiger partial charge is 0.326 e. The number of carbonyl (C=O) groups is 2. The molecule has 1 aliphatic rings. The first-order valence-corrected chi connectivity index (χ1v) is 7.16. The molecule has 1 aromatic carbocycles. The molecule has 1 amide bonds. The van der Waals surface area contributed by atoms with Crippen molar-refractivity contribution in [2.75, 3.05) is 6.54 Å². The van der Waals surface area contributed by atoms with E-state index < -0.39 is 12.0 Å². The average molecular weight is 275 g/mol. The van der Waals surface area contributed by atoms with Crippen molar-refractivity contribution in [3.8, 4) is 0 Å². The van der Waals surface area contributed by atoms with Gasteiger partial charge in [0.1, 0.15) is 6.04 Å². The van der Waals surface area contributed by atoms with Gasteiger partial charge in [0.05, 0.1) is 6.42 Å². The fraction of sp³-hybridized carbons (Fsp3) is 0.500. The Morgan fingerprint density at radius 2 is 1.90 bits per heavy atom. The lowest BCUT2D eigenvalue weighted by molar-refractivity contribution is -0.150. The first kappa shape index (κ1) is 14.6. The van der Waals surface area contributed by atoms with Gasteiger partial charge in [0.15, 0.2) is 0 Å². The van der Waals surface area contributed by atoms with Gasteiger partial charge in [-0.05, 0) is 25.3 Å². The number of aryl methyl sites for hydroxylation is 1. The first-order valence-electron chi connectivity index (χ1n) is 7.16. The van der Waals surface area contributed by atoms with Crippen molar-refractivity contribution in [1.29, 1.82) is 0 Å². The number of aliphatic carboxylic acids is 1. The highest BCUT2D eigenvalue weighted by molar-refractivity contribution is 5.85. The number of rotatable bonds is 3. The third-order valence-electron chi connectivity index (χ3n) is 3.83. The minimum atomic E-state index is -0.885. The second-order valence-corrected chi connectivity index (χ2v) is 5.45. The van der Waals surface area contributed by atoms with Gasteiger partial charge in [-0.25, -0.2) is 4.79 Å². The Morgan fingerprint density at radius 3 is 2.55 bits per heavy atom. The van der Waals surface area contributed by atoms with Crippen LogP contribution in [0.4, 0.5) is 0 Å². The lowest BCUT2D eigenvalue weighted by Crippen LogP contribution is -2.45. The van der Waals surface area contributed by atoms with E-state index in [-0.39, 0.29) is 12.3 Å². The third kappa shape index (κ3) is 3.59. The lowest BCUT2D eigenvalue weighted by atomic mass is 10.1. The van der Waals surface area contributed by atoms with Gasteiger partial charge < -0.3 is 10.0 Å². The zero-order chi connectivity index (χ0) is 14.5. The van der Waals surface area contributed by atoms with Crippen LogP contribution in [0, 0.1) is 6.92 Å². The molecule has 1 aliphatic heterocycles. The maximum absolute atomic E-state index is 12.4. The molecule has 4 nitrogen and oxygen atoms in total. The summed E-state index contributed by atoms with van der Waals surface area (Å²) in [5, 5.41) is 9.29. The van der Waals surface area contributed by atoms with Crippen molar-refractivity contribution < 1.29 is 14.7 Å². The molecule has 20 heavy (non-hydrogen) atoms. The number of amides is 1. The molecule has 0 bridgehead atoms. The molecular weight excluding hydrogens is 254 g/mol. The van der Waals surface area contributed by atoms with Crippen LogP contribution in [-0.4, -0.2) is 34.5 Å². The normalized spacial score (nSPS) is 19.4. The van der Waals surface area contributed by atoms with Crippen LogP contribution in [0.15, 0.2) is 24.3 Å². The minimum absolute atomic E-state index is 0.0804. The van der Waals surface area contributed by atoms with E-state index in [1.54, 1.807) is 4.90 Å². The molecule has 2 rings (SSSR count). The van der Waals surface area contributed by atoms with E-state index in [2.05, 4.69) is 0 Å². The standard InChI is InChI=1S/C16H21NO3/c1-12-6-8-13(9-7-12)11-15(18)17-10-4-2-3-5-14(17)16(19)20/h6-9,14H,2-5,10-11H2,1H3,(H,19,20). The molecule has 1 heterocycles. The second-order valence-electron chi connectivity index (χ2n) is 5.45. The highest BCUT2D eigenvalue weighted by Gasteiger charge is 2.30. The molecule has 4 heteroatoms. The van der Waals surface area contributed by atoms with E-state index >= 15 is 0 Å². The van der Waals surface area contributed by atoms with Gasteiger partial charge in [0.2, 0.25) is 5.91 Å². The maximum atomic E-state index is 12.4. The summed E-state index contributed by atoms with van der Waals surface area (Å²) >= 11 is 0. The molecule has 1 unspecified atom stereocenters. The lowest BCUT2D eigenvalue weighted by Gasteiger charge is -2.27. The van der Waals surface area contributed by atoms with Crippen LogP contribution in [0.3, 0.4) is 0 Å². The molecule has 0 spiro atoms. The number of nitrogens with zero attached hydrogens (tertiary/aromatic N) is 1. The summed E-state index contributed by atoms with van der Waals surface area (Å²) in [4.78, 5) is 25.3. The van der Waals surface area contributed by atoms with Crippen LogP contribution in [0.25, 0.3) is 0 Å². The predicted octanol–water partition coefficient (Wildman–Crippen LogP) is 2.39. The predicted molar refractivity (Wildman–Crippen MR) is 76.5 cm³/mol. The fourth-order valence-electron chi connectivity index (χ4n) is 2.65. The third-order valence-corrected chi connectivity index (χ3v) is 3.83. The Labute approximate surface area is 119 Å². The number of carbonyl (C=O) groups excluding carboxylic acids is 1. The minimum Gasteiger partial charge on any atom is -0.480 e. The number of carboxylic acid groups (broad SMARTS) is 1. The SMILES string of the molecule is Cc1ccc(CC(=O)N2CCCCCC2C(=O)O)cc1. The average Bonchev–Trinajstić information content (AvgIpc) is 2.67. The van der Waals surface area contributed by atoms with Gasteiger partial charge in [-0.1, -0.05) is 42.7 Å². The Bertz CT molecular complexity index is 481. The van der Waals surface area contributed by atoms with E-state index in [0.717, 1.165) is 30.4 Å². The summed E-state index contributed by atoms with van der Waals surface area (Å²) in [6, 6.07) is 7.15. The van der Waals surface area contributed by atoms with Gasteiger partial charge in [-0.15, -0.1) is 0 Å². The van der Waals surface area contributed by atoms with Crippen molar-refractivity contribution >= 4 is 11.9 Å². The molecule has 0 radical (unpaired) electrons. The Morgan fingerprint density at radius 1 is 1.20 bits per heavy atom. The molecule has 1 aromatic rings. The Kier molecular flexibility index (Phi) is 4.77. The highest BCUT2D eigenvalue weighted by Crippen LogP contribution is 2.18. The van der Waals surface area contributed by atoms with E-state index in [0.29, 0.717) is 13.0 Å². The molecule has 1 fully saturated rings. The number of carboxylic acids is 1. The largest absolute Gasteiger partial charge is 0.480 e. The quantitative estimate of drug-likeness (QED) is 0.921. The van der Waals surface area contributed by atoms with Gasteiger partial charge in [-0.3, -0.25) is 4.79 Å². The Balaban J connectivity index is 2.08. The molecule has 0 saturated carbocycles. The summed E-state index contributed by atoms with van der Waals surface area (Å²) in [6.45, 7) is 2.56. The zero-order valence-electron chi connectivity index (χ0n) is 11.8. The molecular formula is C16H21NO3. The van der Waals surface area contributed by atoms with Crippen molar-refractivity contribution in [2.24, 2.45) is 0 Å². The monoisotopic (exact) mass is 275 g/mol. The topological polar surface area (TPSA) is 57.6 Å². The van der Waals surface area contributed by atoms with Crippen LogP contribution >= 0.6 is 0 Å². The van der Waals surface area contributed by atoms with Crippen molar-refractivity contribution in [2.45, 2.75) is 45.1 Å². The first-order chi connectivity index (χ1) is 9.58. The van der Waals surface area contributed by atoms with Gasteiger partial charge in [0.25, 0.3) is 0 Å². The zero-order valence-corrected chi connectivity index (χ0v) is 11.8. The van der Waals surface area contributed by atoms with E-state index in [1.165, 1.54) is 0 Å². The van der Waals surface area contributed by atoms with Gasteiger partial charge in [-0.2, -0.15) is 0 Å². The second kappa shape index (κ2) is 6.55.